The van der Waals surface area contributed by atoms with Gasteiger partial charge in [0.05, 0.1) is 5.69 Å². The van der Waals surface area contributed by atoms with Gasteiger partial charge in [-0.2, -0.15) is 0 Å². The van der Waals surface area contributed by atoms with Crippen molar-refractivity contribution in [2.75, 3.05) is 5.32 Å². The molecule has 1 aliphatic carbocycles. The van der Waals surface area contributed by atoms with E-state index in [0.29, 0.717) is 16.7 Å². The molecular formula is C13H19N3S. The Balaban J connectivity index is 2.09. The smallest absolute Gasteiger partial charge is 0.124 e. The molecule has 0 bridgehead atoms. The first kappa shape index (κ1) is 12.3. The summed E-state index contributed by atoms with van der Waals surface area (Å²) in [6.45, 7) is 0. The number of hydrogen-bond acceptors (Lipinski definition) is 3. The second-order valence-corrected chi connectivity index (χ2v) is 5.04. The van der Waals surface area contributed by atoms with E-state index in [9.17, 15) is 0 Å². The molecule has 2 rings (SSSR count). The number of rotatable bonds is 3. The summed E-state index contributed by atoms with van der Waals surface area (Å²) < 4.78 is 0. The zero-order chi connectivity index (χ0) is 12.1. The summed E-state index contributed by atoms with van der Waals surface area (Å²) in [7, 11) is 0. The summed E-state index contributed by atoms with van der Waals surface area (Å²) >= 11 is 5.02. The van der Waals surface area contributed by atoms with E-state index >= 15 is 0 Å². The van der Waals surface area contributed by atoms with Crippen LogP contribution < -0.4 is 11.1 Å². The first-order valence-corrected chi connectivity index (χ1v) is 6.69. The number of thiocarbonyl (C=S) groups is 1. The van der Waals surface area contributed by atoms with E-state index in [1.165, 1.54) is 38.5 Å². The number of pyridine rings is 1. The lowest BCUT2D eigenvalue weighted by Gasteiger charge is -2.19. The maximum Gasteiger partial charge on any atom is 0.124 e. The fraction of sp³-hybridized carbons (Fsp3) is 0.538. The number of nitrogens with one attached hydrogen (secondary N) is 1. The largest absolute Gasteiger partial charge is 0.388 e. The zero-order valence-electron chi connectivity index (χ0n) is 9.98. The molecule has 3 N–H and O–H groups in total. The molecule has 3 nitrogen and oxygen atoms in total. The van der Waals surface area contributed by atoms with Crippen molar-refractivity contribution in [3.05, 3.63) is 24.0 Å². The van der Waals surface area contributed by atoms with Gasteiger partial charge in [-0.1, -0.05) is 37.9 Å². The van der Waals surface area contributed by atoms with Crippen LogP contribution in [-0.4, -0.2) is 16.0 Å². The van der Waals surface area contributed by atoms with E-state index in [-0.39, 0.29) is 0 Å². The molecule has 1 aromatic heterocycles. The second-order valence-electron chi connectivity index (χ2n) is 4.60. The van der Waals surface area contributed by atoms with Crippen molar-refractivity contribution in [1.29, 1.82) is 0 Å². The molecule has 1 aromatic rings. The average molecular weight is 249 g/mol. The van der Waals surface area contributed by atoms with Gasteiger partial charge in [-0.25, -0.2) is 0 Å². The van der Waals surface area contributed by atoms with Crippen molar-refractivity contribution in [3.63, 3.8) is 0 Å². The van der Waals surface area contributed by atoms with Crippen LogP contribution in [-0.2, 0) is 0 Å². The monoisotopic (exact) mass is 249 g/mol. The van der Waals surface area contributed by atoms with Gasteiger partial charge in [0.2, 0.25) is 0 Å². The molecule has 1 saturated carbocycles. The van der Waals surface area contributed by atoms with Crippen LogP contribution in [0.25, 0.3) is 0 Å². The summed E-state index contributed by atoms with van der Waals surface area (Å²) in [4.78, 5) is 4.60. The molecule has 92 valence electrons. The molecule has 1 aliphatic rings. The number of nitrogens with two attached hydrogens (primary N) is 1. The van der Waals surface area contributed by atoms with Crippen LogP contribution in [0.3, 0.4) is 0 Å². The van der Waals surface area contributed by atoms with Crippen molar-refractivity contribution in [1.82, 2.24) is 4.98 Å². The lowest BCUT2D eigenvalue weighted by molar-refractivity contribution is 0.619. The Morgan fingerprint density at radius 1 is 1.29 bits per heavy atom. The van der Waals surface area contributed by atoms with Crippen molar-refractivity contribution < 1.29 is 0 Å². The van der Waals surface area contributed by atoms with Crippen LogP contribution in [0.4, 0.5) is 5.69 Å². The lowest BCUT2D eigenvalue weighted by atomic mass is 10.1. The highest BCUT2D eigenvalue weighted by atomic mass is 32.1. The minimum atomic E-state index is 0.363. The van der Waals surface area contributed by atoms with Gasteiger partial charge >= 0.3 is 0 Å². The summed E-state index contributed by atoms with van der Waals surface area (Å²) in [6, 6.07) is 4.46. The summed E-state index contributed by atoms with van der Waals surface area (Å²) in [5.41, 5.74) is 7.37. The molecule has 0 atom stereocenters. The summed E-state index contributed by atoms with van der Waals surface area (Å²) in [5.74, 6) is 0. The summed E-state index contributed by atoms with van der Waals surface area (Å²) in [6.07, 6.45) is 9.51. The lowest BCUT2D eigenvalue weighted by Crippen LogP contribution is -2.22. The van der Waals surface area contributed by atoms with Gasteiger partial charge in [-0.3, -0.25) is 4.98 Å². The minimum Gasteiger partial charge on any atom is -0.388 e. The molecule has 0 amide bonds. The van der Waals surface area contributed by atoms with Gasteiger partial charge in [0.15, 0.2) is 0 Å². The Labute approximate surface area is 108 Å². The van der Waals surface area contributed by atoms with Gasteiger partial charge in [0.25, 0.3) is 0 Å². The summed E-state index contributed by atoms with van der Waals surface area (Å²) in [5, 5.41) is 3.54. The predicted molar refractivity (Wildman–Crippen MR) is 75.2 cm³/mol. The Hall–Kier alpha value is -1.16. The highest BCUT2D eigenvalue weighted by Gasteiger charge is 2.14. The van der Waals surface area contributed by atoms with Gasteiger partial charge < -0.3 is 11.1 Å². The molecule has 0 spiro atoms. The average Bonchev–Trinajstić information content (AvgIpc) is 2.58. The Bertz CT molecular complexity index is 384. The van der Waals surface area contributed by atoms with E-state index < -0.39 is 0 Å². The van der Waals surface area contributed by atoms with E-state index in [2.05, 4.69) is 10.3 Å². The number of hydrogen-bond donors (Lipinski definition) is 2. The normalized spacial score (nSPS) is 17.4. The van der Waals surface area contributed by atoms with Crippen LogP contribution in [0.2, 0.25) is 0 Å². The fourth-order valence-corrected chi connectivity index (χ4v) is 2.52. The predicted octanol–water partition coefficient (Wildman–Crippen LogP) is 2.85. The molecule has 17 heavy (non-hydrogen) atoms. The number of nitrogens with zero attached hydrogens (tertiary/aromatic N) is 1. The Morgan fingerprint density at radius 3 is 2.65 bits per heavy atom. The second kappa shape index (κ2) is 5.96. The zero-order valence-corrected chi connectivity index (χ0v) is 10.8. The molecule has 1 fully saturated rings. The highest BCUT2D eigenvalue weighted by Crippen LogP contribution is 2.22. The third-order valence-electron chi connectivity index (χ3n) is 3.26. The van der Waals surface area contributed by atoms with Crippen LogP contribution >= 0.6 is 12.2 Å². The van der Waals surface area contributed by atoms with Crippen LogP contribution in [0, 0.1) is 0 Å². The Kier molecular flexibility index (Phi) is 4.31. The van der Waals surface area contributed by atoms with Crippen molar-refractivity contribution in [2.24, 2.45) is 5.73 Å². The van der Waals surface area contributed by atoms with Crippen molar-refractivity contribution in [3.8, 4) is 0 Å². The number of anilines is 1. The standard InChI is InChI=1S/C13H19N3S/c14-13(17)12-11(8-5-9-15-12)16-10-6-3-1-2-4-7-10/h5,8-10,16H,1-4,6-7H2,(H2,14,17). The molecule has 0 saturated heterocycles. The van der Waals surface area contributed by atoms with E-state index in [1.807, 2.05) is 12.1 Å². The van der Waals surface area contributed by atoms with E-state index in [1.54, 1.807) is 6.20 Å². The van der Waals surface area contributed by atoms with Gasteiger partial charge in [-0.05, 0) is 25.0 Å². The van der Waals surface area contributed by atoms with Crippen molar-refractivity contribution in [2.45, 2.75) is 44.6 Å². The molecule has 0 aliphatic heterocycles. The molecule has 4 heteroatoms. The molecular weight excluding hydrogens is 230 g/mol. The molecule has 1 heterocycles. The van der Waals surface area contributed by atoms with Gasteiger partial charge in [0.1, 0.15) is 10.7 Å². The molecule has 0 radical (unpaired) electrons. The van der Waals surface area contributed by atoms with Gasteiger partial charge in [0, 0.05) is 12.2 Å². The maximum atomic E-state index is 5.68. The number of aromatic nitrogens is 1. The van der Waals surface area contributed by atoms with Crippen LogP contribution in [0.15, 0.2) is 18.3 Å². The first-order chi connectivity index (χ1) is 8.27. The molecule has 0 unspecified atom stereocenters. The third kappa shape index (κ3) is 3.40. The first-order valence-electron chi connectivity index (χ1n) is 6.29. The fourth-order valence-electron chi connectivity index (χ4n) is 2.36. The topological polar surface area (TPSA) is 50.9 Å². The molecule has 0 aromatic carbocycles. The van der Waals surface area contributed by atoms with Crippen molar-refractivity contribution >= 4 is 22.9 Å². The van der Waals surface area contributed by atoms with E-state index in [4.69, 9.17) is 18.0 Å². The van der Waals surface area contributed by atoms with Crippen LogP contribution in [0.1, 0.15) is 44.2 Å². The SMILES string of the molecule is NC(=S)c1ncccc1NC1CCCCCC1. The quantitative estimate of drug-likeness (QED) is 0.639. The Morgan fingerprint density at radius 2 is 2.00 bits per heavy atom. The minimum absolute atomic E-state index is 0.363. The third-order valence-corrected chi connectivity index (χ3v) is 3.45. The maximum absolute atomic E-state index is 5.68. The van der Waals surface area contributed by atoms with Gasteiger partial charge in [-0.15, -0.1) is 0 Å². The highest BCUT2D eigenvalue weighted by molar-refractivity contribution is 7.80. The van der Waals surface area contributed by atoms with E-state index in [0.717, 1.165) is 5.69 Å². The van der Waals surface area contributed by atoms with Crippen LogP contribution in [0.5, 0.6) is 0 Å².